The highest BCUT2D eigenvalue weighted by Gasteiger charge is 2.42. The molecule has 0 aliphatic heterocycles. The summed E-state index contributed by atoms with van der Waals surface area (Å²) in [5, 5.41) is 2.57. The topological polar surface area (TPSA) is 68.0 Å². The fourth-order valence-corrected chi connectivity index (χ4v) is 2.03. The molecule has 3 N–H and O–H groups in total. The highest BCUT2D eigenvalue weighted by Crippen LogP contribution is 2.40. The fraction of sp³-hybridized carbons (Fsp3) is 0.500. The van der Waals surface area contributed by atoms with Gasteiger partial charge in [-0.25, -0.2) is 4.98 Å². The lowest BCUT2D eigenvalue weighted by Gasteiger charge is -2.39. The van der Waals surface area contributed by atoms with E-state index in [0.29, 0.717) is 12.8 Å². The normalized spacial score (nSPS) is 17.7. The van der Waals surface area contributed by atoms with Crippen LogP contribution in [-0.4, -0.2) is 17.4 Å². The van der Waals surface area contributed by atoms with Crippen molar-refractivity contribution in [2.24, 2.45) is 11.1 Å². The first-order valence-corrected chi connectivity index (χ1v) is 5.92. The molecule has 7 heteroatoms. The number of nitrogens with zero attached hydrogens (tertiary/aromatic N) is 1. The number of carbonyl (C=O) groups is 1. The Bertz CT molecular complexity index is 461. The maximum atomic E-state index is 12.3. The summed E-state index contributed by atoms with van der Waals surface area (Å²) in [7, 11) is 0. The Hall–Kier alpha value is -1.63. The van der Waals surface area contributed by atoms with Crippen LogP contribution in [0.25, 0.3) is 0 Å². The molecule has 0 radical (unpaired) electrons. The number of alkyl halides is 3. The molecule has 104 valence electrons. The molecule has 0 atom stereocenters. The molecule has 0 saturated heterocycles. The van der Waals surface area contributed by atoms with Gasteiger partial charge in [0.2, 0.25) is 5.91 Å². The van der Waals surface area contributed by atoms with Gasteiger partial charge in [0.15, 0.2) is 0 Å². The molecule has 1 aromatic rings. The third-order valence-corrected chi connectivity index (χ3v) is 3.49. The van der Waals surface area contributed by atoms with Crippen molar-refractivity contribution in [3.63, 3.8) is 0 Å². The Kier molecular flexibility index (Phi) is 3.49. The predicted octanol–water partition coefficient (Wildman–Crippen LogP) is 2.17. The van der Waals surface area contributed by atoms with E-state index in [1.54, 1.807) is 0 Å². The van der Waals surface area contributed by atoms with Crippen LogP contribution in [0.3, 0.4) is 0 Å². The second kappa shape index (κ2) is 4.80. The Morgan fingerprint density at radius 2 is 2.11 bits per heavy atom. The summed E-state index contributed by atoms with van der Waals surface area (Å²) in [6, 6.07) is 2.03. The minimum atomic E-state index is -4.48. The van der Waals surface area contributed by atoms with Gasteiger partial charge in [0.25, 0.3) is 0 Å². The van der Waals surface area contributed by atoms with E-state index in [1.165, 1.54) is 6.07 Å². The number of hydrogen-bond acceptors (Lipinski definition) is 3. The van der Waals surface area contributed by atoms with Crippen molar-refractivity contribution in [2.45, 2.75) is 25.4 Å². The molecular weight excluding hydrogens is 259 g/mol. The Labute approximate surface area is 108 Å². The average molecular weight is 273 g/mol. The smallest absolute Gasteiger partial charge is 0.329 e. The second-order valence-electron chi connectivity index (χ2n) is 4.72. The van der Waals surface area contributed by atoms with Crippen LogP contribution in [0.5, 0.6) is 0 Å². The summed E-state index contributed by atoms with van der Waals surface area (Å²) < 4.78 is 37.0. The lowest BCUT2D eigenvalue weighted by molar-refractivity contribution is -0.141. The molecule has 0 aromatic carbocycles. The molecule has 19 heavy (non-hydrogen) atoms. The van der Waals surface area contributed by atoms with Crippen molar-refractivity contribution in [1.82, 2.24) is 4.98 Å². The summed E-state index contributed by atoms with van der Waals surface area (Å²) in [5.41, 5.74) is 4.28. The van der Waals surface area contributed by atoms with Crippen LogP contribution in [0.1, 0.15) is 25.0 Å². The van der Waals surface area contributed by atoms with E-state index >= 15 is 0 Å². The van der Waals surface area contributed by atoms with Gasteiger partial charge in [-0.1, -0.05) is 6.42 Å². The van der Waals surface area contributed by atoms with E-state index in [-0.39, 0.29) is 18.1 Å². The number of pyridine rings is 1. The van der Waals surface area contributed by atoms with Crippen molar-refractivity contribution < 1.29 is 18.0 Å². The predicted molar refractivity (Wildman–Crippen MR) is 63.2 cm³/mol. The van der Waals surface area contributed by atoms with E-state index in [1.807, 2.05) is 0 Å². The van der Waals surface area contributed by atoms with E-state index in [4.69, 9.17) is 5.73 Å². The number of nitrogens with one attached hydrogen (secondary N) is 1. The molecule has 0 unspecified atom stereocenters. The molecule has 1 saturated carbocycles. The van der Waals surface area contributed by atoms with Crippen molar-refractivity contribution in [3.8, 4) is 0 Å². The second-order valence-corrected chi connectivity index (χ2v) is 4.72. The summed E-state index contributed by atoms with van der Waals surface area (Å²) in [6.45, 7) is 0.243. The number of carbonyl (C=O) groups excluding carboxylic acids is 1. The van der Waals surface area contributed by atoms with Gasteiger partial charge in [-0.3, -0.25) is 4.79 Å². The fourth-order valence-electron chi connectivity index (χ4n) is 2.03. The molecule has 0 bridgehead atoms. The number of halogens is 3. The molecule has 2 rings (SSSR count). The minimum absolute atomic E-state index is 0.243. The number of aromatic nitrogens is 1. The first-order valence-electron chi connectivity index (χ1n) is 5.92. The van der Waals surface area contributed by atoms with Crippen LogP contribution < -0.4 is 11.1 Å². The highest BCUT2D eigenvalue weighted by molar-refractivity contribution is 5.96. The first kappa shape index (κ1) is 13.8. The van der Waals surface area contributed by atoms with Crippen LogP contribution in [0.4, 0.5) is 18.9 Å². The van der Waals surface area contributed by atoms with Crippen molar-refractivity contribution in [3.05, 3.63) is 24.0 Å². The van der Waals surface area contributed by atoms with Gasteiger partial charge in [-0.2, -0.15) is 13.2 Å². The summed E-state index contributed by atoms with van der Waals surface area (Å²) >= 11 is 0. The van der Waals surface area contributed by atoms with E-state index in [9.17, 15) is 18.0 Å². The van der Waals surface area contributed by atoms with Crippen molar-refractivity contribution >= 4 is 11.6 Å². The van der Waals surface area contributed by atoms with Gasteiger partial charge < -0.3 is 11.1 Å². The monoisotopic (exact) mass is 273 g/mol. The number of nitrogens with two attached hydrogens (primary N) is 1. The largest absolute Gasteiger partial charge is 0.433 e. The third kappa shape index (κ3) is 2.70. The SMILES string of the molecule is NCC1(C(=O)Nc2ccc(C(F)(F)F)nc2)CCC1. The maximum absolute atomic E-state index is 12.3. The van der Waals surface area contributed by atoms with Gasteiger partial charge in [0, 0.05) is 6.54 Å². The van der Waals surface area contributed by atoms with Crippen LogP contribution in [0.2, 0.25) is 0 Å². The van der Waals surface area contributed by atoms with Crippen molar-refractivity contribution in [2.75, 3.05) is 11.9 Å². The molecular formula is C12H14F3N3O. The Balaban J connectivity index is 2.06. The van der Waals surface area contributed by atoms with Gasteiger partial charge in [0.05, 0.1) is 17.3 Å². The number of amides is 1. The highest BCUT2D eigenvalue weighted by atomic mass is 19.4. The lowest BCUT2D eigenvalue weighted by Crippen LogP contribution is -2.47. The van der Waals surface area contributed by atoms with Crippen LogP contribution in [-0.2, 0) is 11.0 Å². The number of hydrogen-bond donors (Lipinski definition) is 2. The van der Waals surface area contributed by atoms with Gasteiger partial charge in [-0.05, 0) is 25.0 Å². The van der Waals surface area contributed by atoms with Crippen LogP contribution in [0.15, 0.2) is 18.3 Å². The molecule has 4 nitrogen and oxygen atoms in total. The number of rotatable bonds is 3. The van der Waals surface area contributed by atoms with Crippen LogP contribution in [0, 0.1) is 5.41 Å². The zero-order valence-electron chi connectivity index (χ0n) is 10.1. The molecule has 0 spiro atoms. The van der Waals surface area contributed by atoms with E-state index in [2.05, 4.69) is 10.3 Å². The summed E-state index contributed by atoms with van der Waals surface area (Å²) in [6.07, 6.45) is -1.11. The molecule has 1 aliphatic carbocycles. The zero-order chi connectivity index (χ0) is 14.1. The van der Waals surface area contributed by atoms with Crippen LogP contribution >= 0.6 is 0 Å². The molecule has 1 heterocycles. The first-order chi connectivity index (χ1) is 8.87. The molecule has 1 aliphatic rings. The average Bonchev–Trinajstić information content (AvgIpc) is 2.27. The lowest BCUT2D eigenvalue weighted by atomic mass is 9.68. The Morgan fingerprint density at radius 1 is 1.42 bits per heavy atom. The van der Waals surface area contributed by atoms with Gasteiger partial charge >= 0.3 is 6.18 Å². The summed E-state index contributed by atoms with van der Waals surface area (Å²) in [4.78, 5) is 15.3. The molecule has 1 fully saturated rings. The third-order valence-electron chi connectivity index (χ3n) is 3.49. The van der Waals surface area contributed by atoms with Crippen molar-refractivity contribution in [1.29, 1.82) is 0 Å². The maximum Gasteiger partial charge on any atom is 0.433 e. The summed E-state index contributed by atoms with van der Waals surface area (Å²) in [5.74, 6) is -0.247. The number of anilines is 1. The standard InChI is InChI=1S/C12H14F3N3O/c13-12(14,15)9-3-2-8(6-17-9)18-10(19)11(7-16)4-1-5-11/h2-3,6H,1,4-5,7,16H2,(H,18,19). The minimum Gasteiger partial charge on any atom is -0.329 e. The Morgan fingerprint density at radius 3 is 2.47 bits per heavy atom. The van der Waals surface area contributed by atoms with Gasteiger partial charge in [0.1, 0.15) is 5.69 Å². The van der Waals surface area contributed by atoms with E-state index < -0.39 is 17.3 Å². The quantitative estimate of drug-likeness (QED) is 0.886. The van der Waals surface area contributed by atoms with E-state index in [0.717, 1.165) is 18.7 Å². The molecule has 1 amide bonds. The zero-order valence-corrected chi connectivity index (χ0v) is 10.1. The molecule has 1 aromatic heterocycles. The van der Waals surface area contributed by atoms with Gasteiger partial charge in [-0.15, -0.1) is 0 Å².